The number of likely N-dealkylation sites (tertiary alicyclic amines) is 2. The van der Waals surface area contributed by atoms with Gasteiger partial charge in [0, 0.05) is 50.4 Å². The predicted molar refractivity (Wildman–Crippen MR) is 97.7 cm³/mol. The van der Waals surface area contributed by atoms with E-state index in [-0.39, 0.29) is 11.8 Å². The highest BCUT2D eigenvalue weighted by molar-refractivity contribution is 5.79. The van der Waals surface area contributed by atoms with E-state index in [1.807, 2.05) is 17.2 Å². The summed E-state index contributed by atoms with van der Waals surface area (Å²) < 4.78 is 1.69. The van der Waals surface area contributed by atoms with Gasteiger partial charge in [-0.1, -0.05) is 6.42 Å². The minimum atomic E-state index is -0.638. The van der Waals surface area contributed by atoms with Gasteiger partial charge >= 0.3 is 0 Å². The number of carbonyl (C=O) groups is 1. The maximum Gasteiger partial charge on any atom is 0.252 e. The van der Waals surface area contributed by atoms with Crippen LogP contribution in [0, 0.1) is 11.8 Å². The Hall–Kier alpha value is -2.06. The van der Waals surface area contributed by atoms with Gasteiger partial charge in [-0.2, -0.15) is 4.98 Å². The van der Waals surface area contributed by atoms with E-state index in [0.717, 1.165) is 38.2 Å². The molecule has 27 heavy (non-hydrogen) atoms. The summed E-state index contributed by atoms with van der Waals surface area (Å²) >= 11 is 0. The second-order valence-electron chi connectivity index (χ2n) is 8.34. The minimum Gasteiger partial charge on any atom is -0.389 e. The highest BCUT2D eigenvalue weighted by Crippen LogP contribution is 2.37. The lowest BCUT2D eigenvalue weighted by Crippen LogP contribution is -2.61. The van der Waals surface area contributed by atoms with Crippen LogP contribution in [0.3, 0.4) is 0 Å². The molecule has 1 N–H and O–H groups in total. The fourth-order valence-electron chi connectivity index (χ4n) is 4.67. The summed E-state index contributed by atoms with van der Waals surface area (Å²) in [5.41, 5.74) is -0.638. The Morgan fingerprint density at radius 2 is 2.11 bits per heavy atom. The van der Waals surface area contributed by atoms with Gasteiger partial charge in [0.2, 0.25) is 5.91 Å². The molecular formula is C19H26N6O2. The molecule has 8 nitrogen and oxygen atoms in total. The predicted octanol–water partition coefficient (Wildman–Crippen LogP) is 0.710. The van der Waals surface area contributed by atoms with Crippen molar-refractivity contribution in [3.05, 3.63) is 24.3 Å². The third-order valence-corrected chi connectivity index (χ3v) is 6.65. The van der Waals surface area contributed by atoms with E-state index >= 15 is 0 Å². The lowest BCUT2D eigenvalue weighted by atomic mass is 9.75. The largest absolute Gasteiger partial charge is 0.389 e. The highest BCUT2D eigenvalue weighted by atomic mass is 16.3. The third kappa shape index (κ3) is 3.10. The van der Waals surface area contributed by atoms with Crippen LogP contribution in [-0.4, -0.2) is 72.2 Å². The van der Waals surface area contributed by atoms with Gasteiger partial charge in [0.15, 0.2) is 5.82 Å². The van der Waals surface area contributed by atoms with Crippen LogP contribution < -0.4 is 0 Å². The molecule has 1 saturated carbocycles. The molecule has 144 valence electrons. The van der Waals surface area contributed by atoms with E-state index in [2.05, 4.69) is 20.0 Å². The third-order valence-electron chi connectivity index (χ3n) is 6.65. The van der Waals surface area contributed by atoms with Crippen LogP contribution in [0.25, 0.3) is 5.78 Å². The van der Waals surface area contributed by atoms with Gasteiger partial charge in [0.25, 0.3) is 5.78 Å². The van der Waals surface area contributed by atoms with Gasteiger partial charge < -0.3 is 10.0 Å². The fourth-order valence-corrected chi connectivity index (χ4v) is 4.67. The van der Waals surface area contributed by atoms with E-state index in [1.165, 1.54) is 6.42 Å². The number of fused-ring (bicyclic) bond motifs is 2. The quantitative estimate of drug-likeness (QED) is 0.856. The number of piperidine rings is 2. The molecule has 1 aliphatic carbocycles. The van der Waals surface area contributed by atoms with Crippen molar-refractivity contribution >= 4 is 11.7 Å². The molecule has 2 aromatic rings. The normalized spacial score (nSPS) is 29.5. The van der Waals surface area contributed by atoms with Gasteiger partial charge in [-0.05, 0) is 31.7 Å². The summed E-state index contributed by atoms with van der Waals surface area (Å²) in [5.74, 6) is 1.98. The Labute approximate surface area is 158 Å². The average molecular weight is 370 g/mol. The van der Waals surface area contributed by atoms with Gasteiger partial charge in [0.1, 0.15) is 0 Å². The first kappa shape index (κ1) is 17.1. The molecule has 0 aromatic carbocycles. The lowest BCUT2D eigenvalue weighted by molar-refractivity contribution is -0.153. The van der Waals surface area contributed by atoms with Crippen LogP contribution in [0.1, 0.15) is 37.9 Å². The summed E-state index contributed by atoms with van der Waals surface area (Å²) in [6.45, 7) is 3.61. The number of rotatable bonds is 3. The first-order valence-electron chi connectivity index (χ1n) is 10.0. The monoisotopic (exact) mass is 370 g/mol. The molecule has 5 rings (SSSR count). The van der Waals surface area contributed by atoms with Crippen LogP contribution in [0.5, 0.6) is 0 Å². The standard InChI is InChI=1S/C19H26N6O2/c26-17(14-3-1-4-14)24-10-6-19(27)5-9-23(11-15(19)12-24)13-16-21-18-20-7-2-8-25(18)22-16/h2,7-8,14-15,27H,1,3-6,9-13H2/t15-,19-/m1/s1. The second-order valence-corrected chi connectivity index (χ2v) is 8.34. The number of hydrogen-bond donors (Lipinski definition) is 1. The molecule has 2 aromatic heterocycles. The van der Waals surface area contributed by atoms with Crippen LogP contribution in [0.2, 0.25) is 0 Å². The van der Waals surface area contributed by atoms with Gasteiger partial charge in [0.05, 0.1) is 12.1 Å². The maximum absolute atomic E-state index is 12.6. The number of nitrogens with zero attached hydrogens (tertiary/aromatic N) is 6. The van der Waals surface area contributed by atoms with Crippen molar-refractivity contribution in [1.82, 2.24) is 29.4 Å². The molecule has 0 spiro atoms. The molecule has 2 atom stereocenters. The minimum absolute atomic E-state index is 0.0965. The SMILES string of the molecule is O=C(C1CCC1)N1CC[C@]2(O)CCN(Cc3nc4ncccn4n3)C[C@@H]2C1. The zero-order chi connectivity index (χ0) is 18.4. The lowest BCUT2D eigenvalue weighted by Gasteiger charge is -2.50. The zero-order valence-electron chi connectivity index (χ0n) is 15.5. The molecule has 8 heteroatoms. The number of aliphatic hydroxyl groups is 1. The Kier molecular flexibility index (Phi) is 4.12. The molecule has 1 amide bonds. The van der Waals surface area contributed by atoms with Crippen molar-refractivity contribution in [2.45, 2.75) is 44.2 Å². The van der Waals surface area contributed by atoms with Crippen LogP contribution >= 0.6 is 0 Å². The molecule has 4 heterocycles. The average Bonchev–Trinajstić information content (AvgIpc) is 3.02. The Morgan fingerprint density at radius 1 is 1.26 bits per heavy atom. The number of carbonyl (C=O) groups excluding carboxylic acids is 1. The molecule has 0 radical (unpaired) electrons. The van der Waals surface area contributed by atoms with Crippen LogP contribution in [0.15, 0.2) is 18.5 Å². The Bertz CT molecular complexity index is 817. The molecule has 0 unspecified atom stereocenters. The number of aromatic nitrogens is 4. The molecule has 3 fully saturated rings. The first-order valence-corrected chi connectivity index (χ1v) is 10.0. The van der Waals surface area contributed by atoms with E-state index < -0.39 is 5.60 Å². The molecule has 2 saturated heterocycles. The van der Waals surface area contributed by atoms with Gasteiger partial charge in [-0.25, -0.2) is 9.50 Å². The van der Waals surface area contributed by atoms with E-state index in [4.69, 9.17) is 0 Å². The van der Waals surface area contributed by atoms with Crippen LogP contribution in [0.4, 0.5) is 0 Å². The molecule has 0 bridgehead atoms. The molecule has 3 aliphatic rings. The Balaban J connectivity index is 1.26. The highest BCUT2D eigenvalue weighted by Gasteiger charge is 2.46. The van der Waals surface area contributed by atoms with E-state index in [0.29, 0.717) is 37.7 Å². The fraction of sp³-hybridized carbons (Fsp3) is 0.684. The number of hydrogen-bond acceptors (Lipinski definition) is 6. The zero-order valence-corrected chi connectivity index (χ0v) is 15.5. The second kappa shape index (κ2) is 6.53. The Morgan fingerprint density at radius 3 is 2.89 bits per heavy atom. The smallest absolute Gasteiger partial charge is 0.252 e. The summed E-state index contributed by atoms with van der Waals surface area (Å²) in [6.07, 6.45) is 8.23. The van der Waals surface area contributed by atoms with Crippen molar-refractivity contribution in [2.24, 2.45) is 11.8 Å². The van der Waals surface area contributed by atoms with Crippen molar-refractivity contribution in [2.75, 3.05) is 26.2 Å². The first-order chi connectivity index (χ1) is 13.1. The van der Waals surface area contributed by atoms with Crippen LogP contribution in [-0.2, 0) is 11.3 Å². The maximum atomic E-state index is 12.6. The molecule has 2 aliphatic heterocycles. The topological polar surface area (TPSA) is 86.9 Å². The van der Waals surface area contributed by atoms with Crippen molar-refractivity contribution in [3.63, 3.8) is 0 Å². The van der Waals surface area contributed by atoms with Crippen molar-refractivity contribution in [3.8, 4) is 0 Å². The summed E-state index contributed by atoms with van der Waals surface area (Å²) in [4.78, 5) is 25.6. The summed E-state index contributed by atoms with van der Waals surface area (Å²) in [6, 6.07) is 1.84. The van der Waals surface area contributed by atoms with Gasteiger partial charge in [-0.15, -0.1) is 5.10 Å². The van der Waals surface area contributed by atoms with E-state index in [9.17, 15) is 9.90 Å². The van der Waals surface area contributed by atoms with Crippen molar-refractivity contribution < 1.29 is 9.90 Å². The van der Waals surface area contributed by atoms with E-state index in [1.54, 1.807) is 10.7 Å². The molecular weight excluding hydrogens is 344 g/mol. The van der Waals surface area contributed by atoms with Crippen molar-refractivity contribution in [1.29, 1.82) is 0 Å². The summed E-state index contributed by atoms with van der Waals surface area (Å²) in [5, 5.41) is 15.6. The van der Waals surface area contributed by atoms with Gasteiger partial charge in [-0.3, -0.25) is 9.69 Å². The summed E-state index contributed by atoms with van der Waals surface area (Å²) in [7, 11) is 0. The number of amides is 1.